The smallest absolute Gasteiger partial charge is 0.292 e. The third kappa shape index (κ3) is 2.98. The number of aromatic nitrogens is 3. The molecular formula is C10H10IN5O2S. The van der Waals surface area contributed by atoms with Gasteiger partial charge in [0.2, 0.25) is 0 Å². The molecule has 2 heterocycles. The molecule has 0 saturated heterocycles. The van der Waals surface area contributed by atoms with Gasteiger partial charge in [0.25, 0.3) is 11.5 Å². The molecule has 2 aromatic rings. The number of nitrogens with two attached hydrogens (primary N) is 1. The zero-order chi connectivity index (χ0) is 14.0. The van der Waals surface area contributed by atoms with Crippen LogP contribution >= 0.6 is 33.9 Å². The maximum atomic E-state index is 12.0. The summed E-state index contributed by atoms with van der Waals surface area (Å²) in [4.78, 5) is 31.5. The Balaban J connectivity index is 2.27. The van der Waals surface area contributed by atoms with Gasteiger partial charge < -0.3 is 0 Å². The van der Waals surface area contributed by atoms with E-state index >= 15 is 0 Å². The lowest BCUT2D eigenvalue weighted by atomic mass is 10.4. The number of carbonyl (C=O) groups excluding carboxylic acids is 1. The summed E-state index contributed by atoms with van der Waals surface area (Å²) in [5, 5.41) is 1.98. The second kappa shape index (κ2) is 5.75. The zero-order valence-corrected chi connectivity index (χ0v) is 12.9. The van der Waals surface area contributed by atoms with Crippen molar-refractivity contribution >= 4 is 39.8 Å². The van der Waals surface area contributed by atoms with Gasteiger partial charge >= 0.3 is 0 Å². The van der Waals surface area contributed by atoms with E-state index in [0.29, 0.717) is 15.0 Å². The van der Waals surface area contributed by atoms with E-state index < -0.39 is 5.91 Å². The van der Waals surface area contributed by atoms with Crippen molar-refractivity contribution in [3.8, 4) is 0 Å². The molecule has 9 heteroatoms. The van der Waals surface area contributed by atoms with Crippen LogP contribution in [0.3, 0.4) is 0 Å². The molecule has 1 amide bonds. The lowest BCUT2D eigenvalue weighted by molar-refractivity contribution is 0.0953. The summed E-state index contributed by atoms with van der Waals surface area (Å²) in [6.07, 6.45) is 1.47. The Hall–Kier alpha value is -1.33. The predicted molar refractivity (Wildman–Crippen MR) is 78.8 cm³/mol. The van der Waals surface area contributed by atoms with E-state index in [0.717, 1.165) is 0 Å². The van der Waals surface area contributed by atoms with E-state index in [1.54, 1.807) is 12.3 Å². The average Bonchev–Trinajstić information content (AvgIpc) is 2.87. The number of nitrogen functional groups attached to an aromatic ring is 1. The second-order valence-corrected chi connectivity index (χ2v) is 5.63. The fraction of sp³-hybridized carbons (Fsp3) is 0.200. The van der Waals surface area contributed by atoms with E-state index in [4.69, 9.17) is 5.84 Å². The topological polar surface area (TPSA) is 103 Å². The second-order valence-electron chi connectivity index (χ2n) is 3.69. The number of nitrogens with zero attached hydrogens (tertiary/aromatic N) is 3. The fourth-order valence-electron chi connectivity index (χ4n) is 1.38. The number of hydrazine groups is 1. The number of hydrogen-bond acceptors (Lipinski definition) is 6. The highest BCUT2D eigenvalue weighted by Gasteiger charge is 2.11. The number of hydrogen-bond donors (Lipinski definition) is 2. The average molecular weight is 391 g/mol. The summed E-state index contributed by atoms with van der Waals surface area (Å²) < 4.78 is 2.03. The van der Waals surface area contributed by atoms with Crippen molar-refractivity contribution < 1.29 is 4.79 Å². The van der Waals surface area contributed by atoms with Gasteiger partial charge in [0, 0.05) is 5.38 Å². The van der Waals surface area contributed by atoms with Gasteiger partial charge in [-0.05, 0) is 29.5 Å². The molecule has 0 aliphatic heterocycles. The minimum Gasteiger partial charge on any atom is -0.292 e. The summed E-state index contributed by atoms with van der Waals surface area (Å²) in [7, 11) is 0. The molecule has 0 atom stereocenters. The minimum atomic E-state index is -0.444. The van der Waals surface area contributed by atoms with E-state index in [-0.39, 0.29) is 17.1 Å². The molecule has 0 aliphatic rings. The maximum absolute atomic E-state index is 12.0. The number of thiazole rings is 1. The zero-order valence-electron chi connectivity index (χ0n) is 9.88. The van der Waals surface area contributed by atoms with Crippen molar-refractivity contribution in [3.05, 3.63) is 42.0 Å². The molecule has 7 nitrogen and oxygen atoms in total. The Morgan fingerprint density at radius 3 is 3.05 bits per heavy atom. The van der Waals surface area contributed by atoms with E-state index in [2.05, 4.69) is 9.97 Å². The standard InChI is InChI=1S/C10H10IN5O2S/c1-5-7(11)10(18)16(4-13-5)2-6-3-19-9(14-6)8(17)15-12/h3-4H,2,12H2,1H3,(H,15,17). The highest BCUT2D eigenvalue weighted by molar-refractivity contribution is 14.1. The molecule has 0 saturated carbocycles. The predicted octanol–water partition coefficient (Wildman–Crippen LogP) is 0.265. The van der Waals surface area contributed by atoms with Gasteiger partial charge in [-0.15, -0.1) is 11.3 Å². The number of rotatable bonds is 3. The van der Waals surface area contributed by atoms with Gasteiger partial charge in [-0.2, -0.15) is 0 Å². The van der Waals surface area contributed by atoms with Crippen molar-refractivity contribution in [1.82, 2.24) is 20.0 Å². The first-order valence-electron chi connectivity index (χ1n) is 5.20. The first-order valence-corrected chi connectivity index (χ1v) is 7.15. The van der Waals surface area contributed by atoms with Crippen molar-refractivity contribution in [1.29, 1.82) is 0 Å². The Labute approximate surface area is 126 Å². The van der Waals surface area contributed by atoms with Crippen LogP contribution in [0.25, 0.3) is 0 Å². The molecule has 3 N–H and O–H groups in total. The number of amides is 1. The molecule has 0 unspecified atom stereocenters. The van der Waals surface area contributed by atoms with Crippen LogP contribution in [0.4, 0.5) is 0 Å². The molecule has 0 bridgehead atoms. The number of carbonyl (C=O) groups is 1. The molecule has 19 heavy (non-hydrogen) atoms. The normalized spacial score (nSPS) is 10.5. The lowest BCUT2D eigenvalue weighted by Gasteiger charge is -2.04. The van der Waals surface area contributed by atoms with Crippen LogP contribution < -0.4 is 16.8 Å². The molecule has 0 radical (unpaired) electrons. The number of nitrogens with one attached hydrogen (secondary N) is 1. The van der Waals surface area contributed by atoms with E-state index in [1.165, 1.54) is 22.2 Å². The molecule has 2 aromatic heterocycles. The molecule has 2 rings (SSSR count). The molecule has 100 valence electrons. The van der Waals surface area contributed by atoms with Crippen molar-refractivity contribution in [3.63, 3.8) is 0 Å². The van der Waals surface area contributed by atoms with Crippen LogP contribution in [0.15, 0.2) is 16.5 Å². The maximum Gasteiger partial charge on any atom is 0.294 e. The van der Waals surface area contributed by atoms with E-state index in [9.17, 15) is 9.59 Å². The summed E-state index contributed by atoms with van der Waals surface area (Å²) in [6, 6.07) is 0. The fourth-order valence-corrected chi connectivity index (χ4v) is 2.54. The first kappa shape index (κ1) is 14.1. The first-order chi connectivity index (χ1) is 9.02. The summed E-state index contributed by atoms with van der Waals surface area (Å²) >= 11 is 3.14. The highest BCUT2D eigenvalue weighted by atomic mass is 127. The molecule has 0 aliphatic carbocycles. The Kier molecular flexibility index (Phi) is 4.27. The molecule has 0 aromatic carbocycles. The lowest BCUT2D eigenvalue weighted by Crippen LogP contribution is -2.30. The third-order valence-electron chi connectivity index (χ3n) is 2.37. The highest BCUT2D eigenvalue weighted by Crippen LogP contribution is 2.10. The van der Waals surface area contributed by atoms with Gasteiger partial charge in [0.1, 0.15) is 0 Å². The van der Waals surface area contributed by atoms with Gasteiger partial charge in [0.05, 0.1) is 27.8 Å². The van der Waals surface area contributed by atoms with E-state index in [1.807, 2.05) is 28.0 Å². The van der Waals surface area contributed by atoms with Crippen LogP contribution in [0.5, 0.6) is 0 Å². The third-order valence-corrected chi connectivity index (χ3v) is 4.50. The summed E-state index contributed by atoms with van der Waals surface area (Å²) in [6.45, 7) is 2.05. The van der Waals surface area contributed by atoms with Crippen LogP contribution in [-0.4, -0.2) is 20.4 Å². The van der Waals surface area contributed by atoms with Crippen LogP contribution in [-0.2, 0) is 6.54 Å². The summed E-state index contributed by atoms with van der Waals surface area (Å²) in [5.74, 6) is 4.58. The monoisotopic (exact) mass is 391 g/mol. The largest absolute Gasteiger partial charge is 0.294 e. The van der Waals surface area contributed by atoms with Crippen LogP contribution in [0, 0.1) is 10.5 Å². The Morgan fingerprint density at radius 2 is 2.37 bits per heavy atom. The Morgan fingerprint density at radius 1 is 1.63 bits per heavy atom. The van der Waals surface area contributed by atoms with Crippen LogP contribution in [0.1, 0.15) is 21.2 Å². The Bertz CT molecular complexity index is 681. The minimum absolute atomic E-state index is 0.120. The van der Waals surface area contributed by atoms with Crippen molar-refractivity contribution in [2.45, 2.75) is 13.5 Å². The van der Waals surface area contributed by atoms with Gasteiger partial charge in [-0.25, -0.2) is 15.8 Å². The van der Waals surface area contributed by atoms with Crippen molar-refractivity contribution in [2.24, 2.45) is 5.84 Å². The molecular weight excluding hydrogens is 381 g/mol. The number of aryl methyl sites for hydroxylation is 1. The quantitative estimate of drug-likeness (QED) is 0.338. The van der Waals surface area contributed by atoms with Gasteiger partial charge in [0.15, 0.2) is 5.01 Å². The summed E-state index contributed by atoms with van der Waals surface area (Å²) in [5.41, 5.74) is 3.21. The van der Waals surface area contributed by atoms with Gasteiger partial charge in [-0.3, -0.25) is 19.6 Å². The molecule has 0 fully saturated rings. The van der Waals surface area contributed by atoms with Gasteiger partial charge in [-0.1, -0.05) is 0 Å². The molecule has 0 spiro atoms. The number of halogens is 1. The SMILES string of the molecule is Cc1ncn(Cc2csc(C(=O)NN)n2)c(=O)c1I. The van der Waals surface area contributed by atoms with Crippen molar-refractivity contribution in [2.75, 3.05) is 0 Å². The van der Waals surface area contributed by atoms with Crippen LogP contribution in [0.2, 0.25) is 0 Å².